The van der Waals surface area contributed by atoms with Crippen LogP contribution >= 0.6 is 22.6 Å². The Morgan fingerprint density at radius 1 is 1.71 bits per heavy atom. The Morgan fingerprint density at radius 3 is 1.86 bits per heavy atom. The molecule has 0 saturated heterocycles. The first-order valence-corrected chi connectivity index (χ1v) is 2.38. The predicted molar refractivity (Wildman–Crippen MR) is 33.2 cm³/mol. The van der Waals surface area contributed by atoms with Gasteiger partial charge < -0.3 is 10.8 Å². The van der Waals surface area contributed by atoms with Crippen LogP contribution in [0.5, 0.6) is 0 Å². The minimum absolute atomic E-state index is 0. The fraction of sp³-hybridized carbons (Fsp3) is 0. The molecular weight excluding hydrogens is 258 g/mol. The van der Waals surface area contributed by atoms with Gasteiger partial charge >= 0.3 is 0 Å². The molecule has 3 N–H and O–H groups in total. The van der Waals surface area contributed by atoms with Crippen LogP contribution in [0.15, 0.2) is 9.46 Å². The topological polar surface area (TPSA) is 46.2 Å². The van der Waals surface area contributed by atoms with E-state index < -0.39 is 0 Å². The average molecular weight is 263 g/mol. The number of aliphatic hydroxyl groups is 1. The zero-order chi connectivity index (χ0) is 5.15. The maximum Gasteiger partial charge on any atom is 0.0368 e. The van der Waals surface area contributed by atoms with Crippen LogP contribution in [-0.2, 0) is 19.5 Å². The van der Waals surface area contributed by atoms with Crippen molar-refractivity contribution < 1.29 is 24.6 Å². The third kappa shape index (κ3) is 6.56. The summed E-state index contributed by atoms with van der Waals surface area (Å²) in [5.74, 6) is -0.199. The van der Waals surface area contributed by atoms with E-state index in [9.17, 15) is 0 Å². The second-order valence-corrected chi connectivity index (χ2v) is 2.09. The SMILES string of the molecule is [CH2-]/C(I)=C(/N)O.[Zn]. The molecule has 0 aliphatic rings. The number of rotatable bonds is 0. The van der Waals surface area contributed by atoms with Gasteiger partial charge in [0.25, 0.3) is 0 Å². The Hall–Kier alpha value is 0.563. The van der Waals surface area contributed by atoms with E-state index in [0.29, 0.717) is 3.58 Å². The average Bonchev–Trinajstić information content (AvgIpc) is 1.36. The fourth-order valence-corrected chi connectivity index (χ4v) is 0. The van der Waals surface area contributed by atoms with Crippen molar-refractivity contribution in [3.63, 3.8) is 0 Å². The largest absolute Gasteiger partial charge is 0.578 e. The summed E-state index contributed by atoms with van der Waals surface area (Å²) in [6.07, 6.45) is 0. The zero-order valence-corrected chi connectivity index (χ0v) is 8.94. The molecule has 38 valence electrons. The van der Waals surface area contributed by atoms with Gasteiger partial charge in [-0.2, -0.15) is 0 Å². The molecule has 0 aromatic heterocycles. The van der Waals surface area contributed by atoms with Crippen LogP contribution in [0, 0.1) is 6.92 Å². The first-order chi connectivity index (χ1) is 2.64. The van der Waals surface area contributed by atoms with E-state index in [0.717, 1.165) is 0 Å². The zero-order valence-electron chi connectivity index (χ0n) is 3.82. The number of nitrogens with two attached hydrogens (primary N) is 1. The van der Waals surface area contributed by atoms with E-state index in [4.69, 9.17) is 10.8 Å². The van der Waals surface area contributed by atoms with Crippen molar-refractivity contribution in [3.8, 4) is 0 Å². The number of halogens is 1. The fourth-order valence-electron chi connectivity index (χ4n) is 0. The predicted octanol–water partition coefficient (Wildman–Crippen LogP) is 0.939. The van der Waals surface area contributed by atoms with Gasteiger partial charge in [-0.05, 0) is 0 Å². The molecule has 0 fully saturated rings. The molecule has 0 aliphatic carbocycles. The molecule has 0 saturated carbocycles. The number of hydrogen-bond acceptors (Lipinski definition) is 2. The van der Waals surface area contributed by atoms with Gasteiger partial charge in [0.05, 0.1) is 0 Å². The molecule has 0 rings (SSSR count). The van der Waals surface area contributed by atoms with Crippen molar-refractivity contribution in [1.82, 2.24) is 0 Å². The molecule has 0 atom stereocenters. The molecule has 0 unspecified atom stereocenters. The third-order valence-electron chi connectivity index (χ3n) is 0.278. The normalized spacial score (nSPS) is 11.6. The quantitative estimate of drug-likeness (QED) is 0.296. The Kier molecular flexibility index (Phi) is 7.09. The third-order valence-corrected chi connectivity index (χ3v) is 0.831. The maximum atomic E-state index is 8.22. The second kappa shape index (κ2) is 4.72. The molecule has 7 heavy (non-hydrogen) atoms. The molecule has 4 heteroatoms. The van der Waals surface area contributed by atoms with E-state index in [2.05, 4.69) is 6.92 Å². The van der Waals surface area contributed by atoms with Gasteiger partial charge in [0.1, 0.15) is 0 Å². The minimum atomic E-state index is -0.199. The summed E-state index contributed by atoms with van der Waals surface area (Å²) in [5, 5.41) is 8.22. The summed E-state index contributed by atoms with van der Waals surface area (Å²) >= 11 is 1.83. The van der Waals surface area contributed by atoms with Gasteiger partial charge in [0, 0.05) is 25.4 Å². The van der Waals surface area contributed by atoms with E-state index in [1.165, 1.54) is 0 Å². The van der Waals surface area contributed by atoms with Gasteiger partial charge in [-0.15, -0.1) is 0 Å². The van der Waals surface area contributed by atoms with Gasteiger partial charge in [0.2, 0.25) is 0 Å². The van der Waals surface area contributed by atoms with Crippen molar-refractivity contribution in [3.05, 3.63) is 16.4 Å². The van der Waals surface area contributed by atoms with Crippen molar-refractivity contribution in [1.29, 1.82) is 0 Å². The molecule has 0 aromatic carbocycles. The van der Waals surface area contributed by atoms with Gasteiger partial charge in [-0.1, -0.05) is 26.2 Å². The van der Waals surface area contributed by atoms with E-state index in [1.54, 1.807) is 0 Å². The van der Waals surface area contributed by atoms with E-state index in [-0.39, 0.29) is 25.4 Å². The summed E-state index contributed by atoms with van der Waals surface area (Å²) in [6.45, 7) is 3.33. The summed E-state index contributed by atoms with van der Waals surface area (Å²) in [4.78, 5) is 0. The van der Waals surface area contributed by atoms with Crippen LogP contribution in [0.2, 0.25) is 0 Å². The summed E-state index contributed by atoms with van der Waals surface area (Å²) in [7, 11) is 0. The molecule has 0 aliphatic heterocycles. The van der Waals surface area contributed by atoms with E-state index in [1.807, 2.05) is 22.6 Å². The molecule has 0 spiro atoms. The Morgan fingerprint density at radius 2 is 1.86 bits per heavy atom. The van der Waals surface area contributed by atoms with Crippen LogP contribution in [0.1, 0.15) is 0 Å². The standard InChI is InChI=1S/C3H5INO.Zn/c1-2(4)3(5)6;/h6H,1,5H2;/q-1;/b3-2+;. The maximum absolute atomic E-state index is 8.22. The summed E-state index contributed by atoms with van der Waals surface area (Å²) in [5.41, 5.74) is 4.80. The monoisotopic (exact) mass is 262 g/mol. The van der Waals surface area contributed by atoms with Gasteiger partial charge in [-0.3, -0.25) is 0 Å². The smallest absolute Gasteiger partial charge is 0.0368 e. The van der Waals surface area contributed by atoms with Gasteiger partial charge in [-0.25, -0.2) is 6.92 Å². The molecule has 2 nitrogen and oxygen atoms in total. The van der Waals surface area contributed by atoms with Crippen LogP contribution < -0.4 is 5.73 Å². The summed E-state index contributed by atoms with van der Waals surface area (Å²) < 4.78 is 0.479. The molecule has 0 bridgehead atoms. The number of hydrogen-bond donors (Lipinski definition) is 2. The Bertz CT molecular complexity index is 65.0. The Labute approximate surface area is 69.1 Å². The van der Waals surface area contributed by atoms with Crippen LogP contribution in [0.3, 0.4) is 0 Å². The number of aliphatic hydroxyl groups excluding tert-OH is 1. The second-order valence-electron chi connectivity index (χ2n) is 0.790. The Balaban J connectivity index is 0. The molecule has 0 radical (unpaired) electrons. The van der Waals surface area contributed by atoms with Crippen molar-refractivity contribution in [2.45, 2.75) is 0 Å². The first-order valence-electron chi connectivity index (χ1n) is 1.30. The van der Waals surface area contributed by atoms with Crippen molar-refractivity contribution in [2.24, 2.45) is 5.73 Å². The number of allylic oxidation sites excluding steroid dienone is 1. The molecule has 0 aromatic rings. The molecular formula is C3H5INOZn-. The van der Waals surface area contributed by atoms with E-state index >= 15 is 0 Å². The minimum Gasteiger partial charge on any atom is -0.578 e. The molecule has 0 heterocycles. The van der Waals surface area contributed by atoms with Crippen molar-refractivity contribution >= 4 is 22.6 Å². The van der Waals surface area contributed by atoms with Crippen LogP contribution in [-0.4, -0.2) is 5.11 Å². The first kappa shape index (κ1) is 10.5. The van der Waals surface area contributed by atoms with Crippen LogP contribution in [0.4, 0.5) is 0 Å². The van der Waals surface area contributed by atoms with Crippen LogP contribution in [0.25, 0.3) is 0 Å². The van der Waals surface area contributed by atoms with Crippen molar-refractivity contribution in [2.75, 3.05) is 0 Å². The molecule has 0 amide bonds. The summed E-state index contributed by atoms with van der Waals surface area (Å²) in [6, 6.07) is 0. The van der Waals surface area contributed by atoms with Gasteiger partial charge in [0.15, 0.2) is 0 Å².